The molecule has 0 atom stereocenters. The lowest BCUT2D eigenvalue weighted by molar-refractivity contribution is 0.0595. The highest BCUT2D eigenvalue weighted by Gasteiger charge is 2.25. The number of rotatable bonds is 4. The lowest BCUT2D eigenvalue weighted by Gasteiger charge is -2.25. The van der Waals surface area contributed by atoms with E-state index in [2.05, 4.69) is 15.3 Å². The number of methoxy groups -OCH3 is 1. The molecule has 0 amide bonds. The van der Waals surface area contributed by atoms with E-state index in [4.69, 9.17) is 4.74 Å². The Bertz CT molecular complexity index is 605. The SMILES string of the molecule is COC(=O)c1nnn(CC2CCC2)c1-c1ccncc1. The number of ether oxygens (including phenoxy) is 1. The lowest BCUT2D eigenvalue weighted by Crippen LogP contribution is -2.19. The summed E-state index contributed by atoms with van der Waals surface area (Å²) in [4.78, 5) is 15.8. The van der Waals surface area contributed by atoms with E-state index in [1.54, 1.807) is 12.4 Å². The molecule has 0 radical (unpaired) electrons. The molecule has 0 N–H and O–H groups in total. The van der Waals surface area contributed by atoms with Crippen LogP contribution in [0, 0.1) is 5.92 Å². The van der Waals surface area contributed by atoms with Gasteiger partial charge in [0.15, 0.2) is 5.69 Å². The van der Waals surface area contributed by atoms with Crippen LogP contribution in [0.25, 0.3) is 11.3 Å². The van der Waals surface area contributed by atoms with Gasteiger partial charge in [-0.15, -0.1) is 5.10 Å². The van der Waals surface area contributed by atoms with E-state index >= 15 is 0 Å². The van der Waals surface area contributed by atoms with Crippen LogP contribution >= 0.6 is 0 Å². The number of hydrogen-bond acceptors (Lipinski definition) is 5. The number of hydrogen-bond donors (Lipinski definition) is 0. The van der Waals surface area contributed by atoms with Gasteiger partial charge in [0.05, 0.1) is 7.11 Å². The third-order valence-electron chi connectivity index (χ3n) is 3.72. The fourth-order valence-electron chi connectivity index (χ4n) is 2.39. The summed E-state index contributed by atoms with van der Waals surface area (Å²) in [5.74, 6) is 0.166. The zero-order valence-corrected chi connectivity index (χ0v) is 11.3. The lowest BCUT2D eigenvalue weighted by atomic mass is 9.85. The molecule has 0 aromatic carbocycles. The molecule has 104 valence electrons. The third-order valence-corrected chi connectivity index (χ3v) is 3.72. The summed E-state index contributed by atoms with van der Waals surface area (Å²) in [6.45, 7) is 0.793. The molecule has 2 aromatic rings. The number of aromatic nitrogens is 4. The molecule has 6 heteroatoms. The van der Waals surface area contributed by atoms with Crippen molar-refractivity contribution in [3.05, 3.63) is 30.2 Å². The van der Waals surface area contributed by atoms with Crippen LogP contribution in [0.1, 0.15) is 29.8 Å². The topological polar surface area (TPSA) is 69.9 Å². The van der Waals surface area contributed by atoms with Crippen LogP contribution in [0.5, 0.6) is 0 Å². The predicted molar refractivity (Wildman–Crippen MR) is 71.9 cm³/mol. The molecule has 3 rings (SSSR count). The van der Waals surface area contributed by atoms with Crippen molar-refractivity contribution in [2.75, 3.05) is 7.11 Å². The summed E-state index contributed by atoms with van der Waals surface area (Å²) in [6.07, 6.45) is 7.08. The Morgan fingerprint density at radius 1 is 1.40 bits per heavy atom. The Balaban J connectivity index is 2.01. The van der Waals surface area contributed by atoms with Gasteiger partial charge in [-0.1, -0.05) is 11.6 Å². The van der Waals surface area contributed by atoms with Gasteiger partial charge in [-0.2, -0.15) is 0 Å². The number of esters is 1. The van der Waals surface area contributed by atoms with Gasteiger partial charge in [0.2, 0.25) is 0 Å². The molecule has 2 aromatic heterocycles. The van der Waals surface area contributed by atoms with Gasteiger partial charge in [0, 0.05) is 24.5 Å². The quantitative estimate of drug-likeness (QED) is 0.795. The first kappa shape index (κ1) is 12.8. The van der Waals surface area contributed by atoms with Gasteiger partial charge in [0.25, 0.3) is 0 Å². The molecule has 1 saturated carbocycles. The molecule has 0 saturated heterocycles. The zero-order chi connectivity index (χ0) is 13.9. The Morgan fingerprint density at radius 3 is 2.75 bits per heavy atom. The maximum absolute atomic E-state index is 11.8. The minimum absolute atomic E-state index is 0.262. The Kier molecular flexibility index (Phi) is 3.45. The second-order valence-corrected chi connectivity index (χ2v) is 4.99. The van der Waals surface area contributed by atoms with Crippen LogP contribution in [-0.4, -0.2) is 33.1 Å². The second-order valence-electron chi connectivity index (χ2n) is 4.99. The third kappa shape index (κ3) is 2.29. The molecular formula is C14H16N4O2. The van der Waals surface area contributed by atoms with Gasteiger partial charge in [-0.05, 0) is 30.9 Å². The van der Waals surface area contributed by atoms with Crippen LogP contribution in [0.4, 0.5) is 0 Å². The molecule has 20 heavy (non-hydrogen) atoms. The largest absolute Gasteiger partial charge is 0.464 e. The first-order chi connectivity index (χ1) is 9.79. The Morgan fingerprint density at radius 2 is 2.15 bits per heavy atom. The van der Waals surface area contributed by atoms with Crippen LogP contribution in [0.15, 0.2) is 24.5 Å². The van der Waals surface area contributed by atoms with E-state index < -0.39 is 5.97 Å². The maximum Gasteiger partial charge on any atom is 0.360 e. The van der Waals surface area contributed by atoms with Crippen molar-refractivity contribution >= 4 is 5.97 Å². The van der Waals surface area contributed by atoms with E-state index in [0.29, 0.717) is 11.6 Å². The Labute approximate surface area is 116 Å². The summed E-state index contributed by atoms with van der Waals surface area (Å²) >= 11 is 0. The number of pyridine rings is 1. The number of carbonyl (C=O) groups excluding carboxylic acids is 1. The average Bonchev–Trinajstić information content (AvgIpc) is 2.86. The van der Waals surface area contributed by atoms with Crippen LogP contribution < -0.4 is 0 Å². The normalized spacial score (nSPS) is 14.8. The number of carbonyl (C=O) groups is 1. The van der Waals surface area contributed by atoms with Crippen molar-refractivity contribution in [2.45, 2.75) is 25.8 Å². The van der Waals surface area contributed by atoms with Crippen molar-refractivity contribution in [1.82, 2.24) is 20.0 Å². The molecule has 0 bridgehead atoms. The molecular weight excluding hydrogens is 256 g/mol. The zero-order valence-electron chi connectivity index (χ0n) is 11.3. The highest BCUT2D eigenvalue weighted by atomic mass is 16.5. The van der Waals surface area contributed by atoms with Crippen molar-refractivity contribution in [3.63, 3.8) is 0 Å². The predicted octanol–water partition coefficient (Wildman–Crippen LogP) is 1.93. The molecule has 0 unspecified atom stereocenters. The first-order valence-corrected chi connectivity index (χ1v) is 6.72. The minimum Gasteiger partial charge on any atom is -0.464 e. The summed E-state index contributed by atoms with van der Waals surface area (Å²) in [7, 11) is 1.35. The maximum atomic E-state index is 11.8. The van der Waals surface area contributed by atoms with Crippen LogP contribution in [0.2, 0.25) is 0 Å². The summed E-state index contributed by atoms with van der Waals surface area (Å²) < 4.78 is 6.60. The molecule has 0 aliphatic heterocycles. The molecule has 1 fully saturated rings. The van der Waals surface area contributed by atoms with E-state index in [1.807, 2.05) is 16.8 Å². The highest BCUT2D eigenvalue weighted by Crippen LogP contribution is 2.30. The minimum atomic E-state index is -0.461. The van der Waals surface area contributed by atoms with Gasteiger partial charge < -0.3 is 4.74 Å². The summed E-state index contributed by atoms with van der Waals surface area (Å²) in [5, 5.41) is 8.12. The molecule has 1 aliphatic carbocycles. The smallest absolute Gasteiger partial charge is 0.360 e. The van der Waals surface area contributed by atoms with Gasteiger partial charge in [-0.3, -0.25) is 4.98 Å². The first-order valence-electron chi connectivity index (χ1n) is 6.72. The fraction of sp³-hybridized carbons (Fsp3) is 0.429. The van der Waals surface area contributed by atoms with Crippen molar-refractivity contribution in [3.8, 4) is 11.3 Å². The molecule has 0 spiro atoms. The van der Waals surface area contributed by atoms with Crippen molar-refractivity contribution in [2.24, 2.45) is 5.92 Å². The molecule has 1 aliphatic rings. The molecule has 6 nitrogen and oxygen atoms in total. The second kappa shape index (κ2) is 5.40. The monoisotopic (exact) mass is 272 g/mol. The van der Waals surface area contributed by atoms with E-state index in [-0.39, 0.29) is 5.69 Å². The van der Waals surface area contributed by atoms with E-state index in [9.17, 15) is 4.79 Å². The van der Waals surface area contributed by atoms with Crippen molar-refractivity contribution < 1.29 is 9.53 Å². The van der Waals surface area contributed by atoms with Crippen LogP contribution in [-0.2, 0) is 11.3 Å². The summed E-state index contributed by atoms with van der Waals surface area (Å²) in [5.41, 5.74) is 1.86. The van der Waals surface area contributed by atoms with Crippen LogP contribution in [0.3, 0.4) is 0 Å². The van der Waals surface area contributed by atoms with Gasteiger partial charge in [-0.25, -0.2) is 9.48 Å². The Hall–Kier alpha value is -2.24. The van der Waals surface area contributed by atoms with Crippen molar-refractivity contribution in [1.29, 1.82) is 0 Å². The van der Waals surface area contributed by atoms with E-state index in [1.165, 1.54) is 26.4 Å². The van der Waals surface area contributed by atoms with E-state index in [0.717, 1.165) is 12.1 Å². The summed E-state index contributed by atoms with van der Waals surface area (Å²) in [6, 6.07) is 3.70. The number of nitrogens with zero attached hydrogens (tertiary/aromatic N) is 4. The fourth-order valence-corrected chi connectivity index (χ4v) is 2.39. The van der Waals surface area contributed by atoms with Gasteiger partial charge in [0.1, 0.15) is 5.69 Å². The van der Waals surface area contributed by atoms with Gasteiger partial charge >= 0.3 is 5.97 Å². The standard InChI is InChI=1S/C14H16N4O2/c1-20-14(19)12-13(11-5-7-15-8-6-11)18(17-16-12)9-10-3-2-4-10/h5-8,10H,2-4,9H2,1H3. The highest BCUT2D eigenvalue weighted by molar-refractivity contribution is 5.93. The average molecular weight is 272 g/mol. The molecule has 2 heterocycles.